The van der Waals surface area contributed by atoms with Crippen LogP contribution < -0.4 is 9.47 Å². The summed E-state index contributed by atoms with van der Waals surface area (Å²) in [6.07, 6.45) is 6.51. The van der Waals surface area contributed by atoms with Crippen LogP contribution in [0.2, 0.25) is 0 Å². The van der Waals surface area contributed by atoms with E-state index in [1.54, 1.807) is 18.2 Å². The van der Waals surface area contributed by atoms with Crippen LogP contribution in [0.15, 0.2) is 48.6 Å². The Morgan fingerprint density at radius 3 is 2.33 bits per heavy atom. The van der Waals surface area contributed by atoms with Crippen LogP contribution >= 0.6 is 0 Å². The van der Waals surface area contributed by atoms with Gasteiger partial charge in [0.15, 0.2) is 23.0 Å². The Morgan fingerprint density at radius 2 is 1.67 bits per heavy atom. The number of hydrogen-bond donors (Lipinski definition) is 2. The summed E-state index contributed by atoms with van der Waals surface area (Å²) >= 11 is 0. The number of phenols is 2. The van der Waals surface area contributed by atoms with Crippen molar-refractivity contribution in [3.63, 3.8) is 0 Å². The van der Waals surface area contributed by atoms with Gasteiger partial charge in [0.25, 0.3) is 0 Å². The highest BCUT2D eigenvalue weighted by atomic mass is 16.6. The van der Waals surface area contributed by atoms with Gasteiger partial charge in [-0.1, -0.05) is 24.3 Å². The Kier molecular flexibility index (Phi) is 5.63. The first kappa shape index (κ1) is 17.1. The molecule has 24 heavy (non-hydrogen) atoms. The molecule has 0 heterocycles. The van der Waals surface area contributed by atoms with Crippen molar-refractivity contribution in [3.05, 3.63) is 59.7 Å². The lowest BCUT2D eigenvalue weighted by Crippen LogP contribution is -2.05. The van der Waals surface area contributed by atoms with Crippen LogP contribution in [0, 0.1) is 0 Å². The number of hydrogen-bond acceptors (Lipinski definition) is 5. The number of methoxy groups -OCH3 is 1. The first-order valence-electron chi connectivity index (χ1n) is 7.26. The molecule has 0 aliphatic rings. The van der Waals surface area contributed by atoms with Crippen molar-refractivity contribution in [1.82, 2.24) is 0 Å². The van der Waals surface area contributed by atoms with Gasteiger partial charge in [0.2, 0.25) is 0 Å². The number of carbonyl (C=O) groups excluding carboxylic acids is 1. The SMILES string of the molecule is C/C=C/c1ccc(OC(=O)/C=C/c2ccc(O)c(O)c2)c(OC)c1. The fraction of sp³-hybridized carbons (Fsp3) is 0.105. The van der Waals surface area contributed by atoms with E-state index in [1.165, 1.54) is 31.4 Å². The van der Waals surface area contributed by atoms with Crippen LogP contribution in [0.25, 0.3) is 12.2 Å². The molecule has 0 saturated carbocycles. The van der Waals surface area contributed by atoms with E-state index in [0.717, 1.165) is 5.56 Å². The number of aromatic hydroxyl groups is 2. The third-order valence-electron chi connectivity index (χ3n) is 3.17. The Labute approximate surface area is 140 Å². The van der Waals surface area contributed by atoms with Crippen molar-refractivity contribution in [2.75, 3.05) is 7.11 Å². The standard InChI is InChI=1S/C19H18O5/c1-3-4-13-6-9-17(18(12-13)23-2)24-19(22)10-7-14-5-8-15(20)16(21)11-14/h3-12,20-21H,1-2H3/b4-3+,10-7+. The lowest BCUT2D eigenvalue weighted by Gasteiger charge is -2.08. The molecule has 0 atom stereocenters. The summed E-state index contributed by atoms with van der Waals surface area (Å²) in [4.78, 5) is 11.9. The van der Waals surface area contributed by atoms with Crippen molar-refractivity contribution in [2.45, 2.75) is 6.92 Å². The van der Waals surface area contributed by atoms with Crippen molar-refractivity contribution < 1.29 is 24.5 Å². The van der Waals surface area contributed by atoms with E-state index in [0.29, 0.717) is 17.1 Å². The Balaban J connectivity index is 2.11. The van der Waals surface area contributed by atoms with E-state index in [9.17, 15) is 15.0 Å². The smallest absolute Gasteiger partial charge is 0.336 e. The lowest BCUT2D eigenvalue weighted by atomic mass is 10.2. The Bertz CT molecular complexity index is 790. The molecule has 124 valence electrons. The van der Waals surface area contributed by atoms with E-state index in [2.05, 4.69) is 0 Å². The second kappa shape index (κ2) is 7.87. The fourth-order valence-electron chi connectivity index (χ4n) is 2.02. The molecule has 2 rings (SSSR count). The zero-order chi connectivity index (χ0) is 17.5. The average Bonchev–Trinajstić information content (AvgIpc) is 2.57. The summed E-state index contributed by atoms with van der Waals surface area (Å²) in [6, 6.07) is 9.48. The molecule has 2 aromatic rings. The van der Waals surface area contributed by atoms with Crippen molar-refractivity contribution >= 4 is 18.1 Å². The molecule has 0 aromatic heterocycles. The molecule has 2 aromatic carbocycles. The summed E-state index contributed by atoms with van der Waals surface area (Å²) in [7, 11) is 1.50. The maximum Gasteiger partial charge on any atom is 0.336 e. The molecule has 5 heteroatoms. The molecule has 0 aliphatic heterocycles. The topological polar surface area (TPSA) is 76.0 Å². The normalized spacial score (nSPS) is 11.1. The summed E-state index contributed by atoms with van der Waals surface area (Å²) in [5.74, 6) is -0.296. The van der Waals surface area contributed by atoms with Crippen molar-refractivity contribution in [3.8, 4) is 23.0 Å². The van der Waals surface area contributed by atoms with Gasteiger partial charge in [-0.2, -0.15) is 0 Å². The Morgan fingerprint density at radius 1 is 0.958 bits per heavy atom. The molecule has 0 aliphatic carbocycles. The number of ether oxygens (including phenoxy) is 2. The number of allylic oxidation sites excluding steroid dienone is 1. The number of carbonyl (C=O) groups is 1. The van der Waals surface area contributed by atoms with E-state index in [4.69, 9.17) is 9.47 Å². The number of esters is 1. The Hall–Kier alpha value is -3.21. The average molecular weight is 326 g/mol. The maximum absolute atomic E-state index is 11.9. The lowest BCUT2D eigenvalue weighted by molar-refractivity contribution is -0.129. The summed E-state index contributed by atoms with van der Waals surface area (Å²) in [6.45, 7) is 1.91. The second-order valence-electron chi connectivity index (χ2n) is 4.91. The second-order valence-corrected chi connectivity index (χ2v) is 4.91. The minimum atomic E-state index is -0.584. The van der Waals surface area contributed by atoms with Gasteiger partial charge < -0.3 is 19.7 Å². The molecule has 0 bridgehead atoms. The summed E-state index contributed by atoms with van der Waals surface area (Å²) in [5.41, 5.74) is 1.49. The molecule has 0 unspecified atom stereocenters. The quantitative estimate of drug-likeness (QED) is 0.379. The van der Waals surface area contributed by atoms with Crippen LogP contribution in [-0.2, 0) is 4.79 Å². The van der Waals surface area contributed by atoms with E-state index < -0.39 is 5.97 Å². The van der Waals surface area contributed by atoms with Gasteiger partial charge in [0, 0.05) is 6.08 Å². The minimum absolute atomic E-state index is 0.222. The summed E-state index contributed by atoms with van der Waals surface area (Å²) in [5, 5.41) is 18.7. The van der Waals surface area contributed by atoms with Gasteiger partial charge in [-0.3, -0.25) is 0 Å². The van der Waals surface area contributed by atoms with Gasteiger partial charge in [-0.25, -0.2) is 4.79 Å². The van der Waals surface area contributed by atoms with Gasteiger partial charge in [-0.15, -0.1) is 0 Å². The van der Waals surface area contributed by atoms with Gasteiger partial charge in [-0.05, 0) is 48.4 Å². The van der Waals surface area contributed by atoms with Crippen molar-refractivity contribution in [2.24, 2.45) is 0 Å². The van der Waals surface area contributed by atoms with Crippen LogP contribution in [0.4, 0.5) is 0 Å². The highest BCUT2D eigenvalue weighted by Crippen LogP contribution is 2.29. The maximum atomic E-state index is 11.9. The predicted octanol–water partition coefficient (Wildman–Crippen LogP) is 3.76. The van der Waals surface area contributed by atoms with E-state index >= 15 is 0 Å². The van der Waals surface area contributed by atoms with Crippen LogP contribution in [0.1, 0.15) is 18.1 Å². The molecule has 5 nitrogen and oxygen atoms in total. The number of phenolic OH excluding ortho intramolecular Hbond substituents is 2. The molecular formula is C19H18O5. The van der Waals surface area contributed by atoms with Crippen LogP contribution in [-0.4, -0.2) is 23.3 Å². The minimum Gasteiger partial charge on any atom is -0.504 e. The third-order valence-corrected chi connectivity index (χ3v) is 3.17. The zero-order valence-electron chi connectivity index (χ0n) is 13.4. The van der Waals surface area contributed by atoms with E-state index in [1.807, 2.05) is 25.1 Å². The third kappa shape index (κ3) is 4.39. The molecule has 0 radical (unpaired) electrons. The number of benzene rings is 2. The molecule has 2 N–H and O–H groups in total. The monoisotopic (exact) mass is 326 g/mol. The molecule has 0 fully saturated rings. The fourth-order valence-corrected chi connectivity index (χ4v) is 2.02. The number of rotatable bonds is 5. The van der Waals surface area contributed by atoms with Gasteiger partial charge >= 0.3 is 5.97 Å². The molecule has 0 saturated heterocycles. The predicted molar refractivity (Wildman–Crippen MR) is 92.1 cm³/mol. The molecular weight excluding hydrogens is 308 g/mol. The highest BCUT2D eigenvalue weighted by Gasteiger charge is 2.08. The first-order chi connectivity index (χ1) is 11.5. The first-order valence-corrected chi connectivity index (χ1v) is 7.26. The molecule has 0 spiro atoms. The zero-order valence-corrected chi connectivity index (χ0v) is 13.4. The van der Waals surface area contributed by atoms with Gasteiger partial charge in [0.1, 0.15) is 0 Å². The molecule has 0 amide bonds. The van der Waals surface area contributed by atoms with Gasteiger partial charge in [0.05, 0.1) is 7.11 Å². The van der Waals surface area contributed by atoms with E-state index in [-0.39, 0.29) is 11.5 Å². The summed E-state index contributed by atoms with van der Waals surface area (Å²) < 4.78 is 10.5. The largest absolute Gasteiger partial charge is 0.504 e. The van der Waals surface area contributed by atoms with Crippen molar-refractivity contribution in [1.29, 1.82) is 0 Å². The van der Waals surface area contributed by atoms with Crippen LogP contribution in [0.5, 0.6) is 23.0 Å². The highest BCUT2D eigenvalue weighted by molar-refractivity contribution is 5.89. The van der Waals surface area contributed by atoms with Crippen LogP contribution in [0.3, 0.4) is 0 Å².